The molecule has 5 aromatic carbocycles. The molecule has 0 fully saturated rings. The van der Waals surface area contributed by atoms with Gasteiger partial charge in [-0.1, -0.05) is 73.3 Å². The number of rotatable bonds is 5. The van der Waals surface area contributed by atoms with E-state index in [1.165, 1.54) is 58.9 Å². The lowest BCUT2D eigenvalue weighted by atomic mass is 9.95. The third-order valence-electron chi connectivity index (χ3n) is 6.42. The van der Waals surface area contributed by atoms with E-state index >= 15 is 0 Å². The molecule has 3 heteroatoms. The molecule has 164 valence electrons. The number of carbonyl (C=O) groups is 1. The lowest BCUT2D eigenvalue weighted by molar-refractivity contribution is -0.128. The topological polar surface area (TPSA) is 26.3 Å². The molecule has 1 heterocycles. The number of aryl methyl sites for hydroxylation is 2. The van der Waals surface area contributed by atoms with Crippen LogP contribution in [0.3, 0.4) is 0 Å². The van der Waals surface area contributed by atoms with Crippen molar-refractivity contribution in [3.8, 4) is 5.75 Å². The molecule has 0 aliphatic carbocycles. The standard InChI is InChI=1S/C31H22O2S/c1-2-28(32)33-24-16-12-20(13-17-24)11-14-23-19-22-8-4-6-10-26(22)30-29-25-9-5-3-7-21(25)15-18-27(29)34-31(23)30/h2-10,12-13,15-19H,1,11,14H2. The fourth-order valence-corrected chi connectivity index (χ4v) is 6.08. The summed E-state index contributed by atoms with van der Waals surface area (Å²) in [6.07, 6.45) is 3.03. The van der Waals surface area contributed by atoms with Crippen molar-refractivity contribution in [2.75, 3.05) is 0 Å². The average Bonchev–Trinajstić information content (AvgIpc) is 3.29. The van der Waals surface area contributed by atoms with Gasteiger partial charge >= 0.3 is 5.97 Å². The van der Waals surface area contributed by atoms with Crippen LogP contribution in [0.25, 0.3) is 41.7 Å². The van der Waals surface area contributed by atoms with Crippen molar-refractivity contribution in [1.29, 1.82) is 0 Å². The molecule has 0 radical (unpaired) electrons. The summed E-state index contributed by atoms with van der Waals surface area (Å²) in [7, 11) is 0. The molecule has 0 unspecified atom stereocenters. The summed E-state index contributed by atoms with van der Waals surface area (Å²) in [4.78, 5) is 11.4. The third kappa shape index (κ3) is 3.55. The minimum Gasteiger partial charge on any atom is -0.423 e. The summed E-state index contributed by atoms with van der Waals surface area (Å²) in [5.41, 5.74) is 2.59. The van der Waals surface area contributed by atoms with Crippen LogP contribution in [-0.2, 0) is 17.6 Å². The lowest BCUT2D eigenvalue weighted by Gasteiger charge is -2.09. The van der Waals surface area contributed by atoms with E-state index < -0.39 is 5.97 Å². The van der Waals surface area contributed by atoms with Gasteiger partial charge in [0.25, 0.3) is 0 Å². The average molecular weight is 459 g/mol. The molecular formula is C31H22O2S. The smallest absolute Gasteiger partial charge is 0.335 e. The van der Waals surface area contributed by atoms with Crippen LogP contribution in [0.1, 0.15) is 11.1 Å². The van der Waals surface area contributed by atoms with Crippen LogP contribution < -0.4 is 4.74 Å². The van der Waals surface area contributed by atoms with Crippen LogP contribution in [-0.4, -0.2) is 5.97 Å². The Hall–Kier alpha value is -3.95. The fourth-order valence-electron chi connectivity index (χ4n) is 4.80. The summed E-state index contributed by atoms with van der Waals surface area (Å²) < 4.78 is 7.91. The van der Waals surface area contributed by atoms with Crippen LogP contribution in [0.4, 0.5) is 0 Å². The monoisotopic (exact) mass is 458 g/mol. The molecular weight excluding hydrogens is 436 g/mol. The zero-order chi connectivity index (χ0) is 23.1. The van der Waals surface area contributed by atoms with Crippen LogP contribution in [0.5, 0.6) is 5.75 Å². The van der Waals surface area contributed by atoms with Gasteiger partial charge in [0.15, 0.2) is 0 Å². The van der Waals surface area contributed by atoms with E-state index in [0.29, 0.717) is 5.75 Å². The second-order valence-electron chi connectivity index (χ2n) is 8.49. The van der Waals surface area contributed by atoms with Gasteiger partial charge in [0, 0.05) is 26.2 Å². The van der Waals surface area contributed by atoms with Gasteiger partial charge in [-0.25, -0.2) is 4.79 Å². The first-order valence-electron chi connectivity index (χ1n) is 11.4. The zero-order valence-corrected chi connectivity index (χ0v) is 19.4. The molecule has 0 aliphatic heterocycles. The molecule has 34 heavy (non-hydrogen) atoms. The molecule has 0 aliphatic rings. The molecule has 6 aromatic rings. The van der Waals surface area contributed by atoms with E-state index in [-0.39, 0.29) is 0 Å². The lowest BCUT2D eigenvalue weighted by Crippen LogP contribution is -2.03. The number of ether oxygens (including phenoxy) is 1. The predicted octanol–water partition coefficient (Wildman–Crippen LogP) is 8.24. The second kappa shape index (κ2) is 8.44. The van der Waals surface area contributed by atoms with Crippen LogP contribution in [0, 0.1) is 0 Å². The molecule has 0 saturated heterocycles. The minimum absolute atomic E-state index is 0.441. The van der Waals surface area contributed by atoms with Crippen molar-refractivity contribution >= 4 is 59.0 Å². The maximum atomic E-state index is 11.4. The highest BCUT2D eigenvalue weighted by Gasteiger charge is 2.15. The van der Waals surface area contributed by atoms with Crippen molar-refractivity contribution in [1.82, 2.24) is 0 Å². The number of esters is 1. The summed E-state index contributed by atoms with van der Waals surface area (Å²) in [6.45, 7) is 3.44. The molecule has 0 N–H and O–H groups in total. The summed E-state index contributed by atoms with van der Waals surface area (Å²) >= 11 is 1.90. The minimum atomic E-state index is -0.441. The highest BCUT2D eigenvalue weighted by atomic mass is 32.1. The Balaban J connectivity index is 1.45. The maximum absolute atomic E-state index is 11.4. The highest BCUT2D eigenvalue weighted by Crippen LogP contribution is 2.43. The number of benzene rings is 5. The Bertz CT molecular complexity index is 1710. The van der Waals surface area contributed by atoms with Gasteiger partial charge in [0.2, 0.25) is 0 Å². The molecule has 2 nitrogen and oxygen atoms in total. The maximum Gasteiger partial charge on any atom is 0.335 e. The van der Waals surface area contributed by atoms with Gasteiger partial charge < -0.3 is 4.74 Å². The first-order chi connectivity index (χ1) is 16.7. The molecule has 0 bridgehead atoms. The predicted molar refractivity (Wildman–Crippen MR) is 144 cm³/mol. The van der Waals surface area contributed by atoms with Gasteiger partial charge in [-0.05, 0) is 69.8 Å². The van der Waals surface area contributed by atoms with Gasteiger partial charge in [0.1, 0.15) is 5.75 Å². The van der Waals surface area contributed by atoms with E-state index in [4.69, 9.17) is 4.74 Å². The highest BCUT2D eigenvalue weighted by molar-refractivity contribution is 7.26. The van der Waals surface area contributed by atoms with Gasteiger partial charge in [-0.15, -0.1) is 11.3 Å². The number of hydrogen-bond donors (Lipinski definition) is 0. The van der Waals surface area contributed by atoms with Crippen LogP contribution in [0.15, 0.2) is 104 Å². The summed E-state index contributed by atoms with van der Waals surface area (Å²) in [5.74, 6) is 0.0988. The largest absolute Gasteiger partial charge is 0.423 e. The van der Waals surface area contributed by atoms with E-state index in [1.54, 1.807) is 0 Å². The number of hydrogen-bond acceptors (Lipinski definition) is 3. The van der Waals surface area contributed by atoms with Crippen LogP contribution >= 0.6 is 11.3 Å². The molecule has 0 atom stereocenters. The number of fused-ring (bicyclic) bond motifs is 7. The van der Waals surface area contributed by atoms with E-state index in [1.807, 2.05) is 35.6 Å². The number of thiophene rings is 1. The SMILES string of the molecule is C=CC(=O)Oc1ccc(CCc2cc3ccccc3c3c2sc2ccc4ccccc4c23)cc1. The normalized spacial score (nSPS) is 11.4. The fraction of sp³-hybridized carbons (Fsp3) is 0.0645. The molecule has 0 saturated carbocycles. The summed E-state index contributed by atoms with van der Waals surface area (Å²) in [5, 5.41) is 7.93. The first kappa shape index (κ1) is 20.6. The third-order valence-corrected chi connectivity index (χ3v) is 7.65. The Morgan fingerprint density at radius 3 is 2.26 bits per heavy atom. The van der Waals surface area contributed by atoms with Crippen molar-refractivity contribution in [3.05, 3.63) is 115 Å². The van der Waals surface area contributed by atoms with Gasteiger partial charge in [-0.3, -0.25) is 0 Å². The zero-order valence-electron chi connectivity index (χ0n) is 18.6. The quantitative estimate of drug-likeness (QED) is 0.148. The van der Waals surface area contributed by atoms with E-state index in [2.05, 4.69) is 73.3 Å². The van der Waals surface area contributed by atoms with Crippen molar-refractivity contribution in [2.24, 2.45) is 0 Å². The first-order valence-corrected chi connectivity index (χ1v) is 12.2. The van der Waals surface area contributed by atoms with E-state index in [9.17, 15) is 4.79 Å². The molecule has 0 amide bonds. The second-order valence-corrected chi connectivity index (χ2v) is 9.54. The Morgan fingerprint density at radius 1 is 0.794 bits per heavy atom. The number of carbonyl (C=O) groups excluding carboxylic acids is 1. The van der Waals surface area contributed by atoms with Crippen molar-refractivity contribution in [2.45, 2.75) is 12.8 Å². The molecule has 0 spiro atoms. The van der Waals surface area contributed by atoms with Gasteiger partial charge in [0.05, 0.1) is 0 Å². The van der Waals surface area contributed by atoms with E-state index in [0.717, 1.165) is 12.8 Å². The molecule has 6 rings (SSSR count). The Kier molecular flexibility index (Phi) is 5.12. The Morgan fingerprint density at radius 2 is 1.50 bits per heavy atom. The van der Waals surface area contributed by atoms with Crippen molar-refractivity contribution < 1.29 is 9.53 Å². The Labute approximate surface area is 201 Å². The molecule has 1 aromatic heterocycles. The van der Waals surface area contributed by atoms with Crippen molar-refractivity contribution in [3.63, 3.8) is 0 Å². The van der Waals surface area contributed by atoms with Gasteiger partial charge in [-0.2, -0.15) is 0 Å². The summed E-state index contributed by atoms with van der Waals surface area (Å²) in [6, 6.07) is 32.0. The van der Waals surface area contributed by atoms with Crippen LogP contribution in [0.2, 0.25) is 0 Å².